The average Bonchev–Trinajstić information content (AvgIpc) is 2.57. The highest BCUT2D eigenvalue weighted by atomic mass is 16.5. The quantitative estimate of drug-likeness (QED) is 0.778. The Hall–Kier alpha value is -3.08. The van der Waals surface area contributed by atoms with Crippen LogP contribution in [0.25, 0.3) is 10.9 Å². The Morgan fingerprint density at radius 1 is 1.12 bits per heavy atom. The first-order valence-electron chi connectivity index (χ1n) is 8.55. The summed E-state index contributed by atoms with van der Waals surface area (Å²) in [5, 5.41) is 3.29. The zero-order chi connectivity index (χ0) is 18.8. The van der Waals surface area contributed by atoms with Crippen molar-refractivity contribution in [3.05, 3.63) is 69.5 Å². The lowest BCUT2D eigenvalue weighted by Gasteiger charge is -2.12. The molecular weight excluding hydrogens is 328 g/mol. The lowest BCUT2D eigenvalue weighted by Crippen LogP contribution is -2.23. The zero-order valence-corrected chi connectivity index (χ0v) is 15.4. The number of fused-ring (bicyclic) bond motifs is 1. The van der Waals surface area contributed by atoms with Crippen molar-refractivity contribution in [3.63, 3.8) is 0 Å². The fourth-order valence-corrected chi connectivity index (χ4v) is 3.13. The molecule has 1 N–H and O–H groups in total. The Morgan fingerprint density at radius 2 is 1.81 bits per heavy atom. The van der Waals surface area contributed by atoms with E-state index in [-0.39, 0.29) is 11.0 Å². The summed E-state index contributed by atoms with van der Waals surface area (Å²) in [5.74, 6) is 0.197. The Morgan fingerprint density at radius 3 is 2.46 bits per heavy atom. The van der Waals surface area contributed by atoms with Crippen molar-refractivity contribution < 1.29 is 9.53 Å². The first kappa shape index (κ1) is 17.7. The van der Waals surface area contributed by atoms with Gasteiger partial charge in [-0.2, -0.15) is 0 Å². The number of carbonyl (C=O) groups excluding carboxylic acids is 1. The highest BCUT2D eigenvalue weighted by molar-refractivity contribution is 6.05. The number of amides is 1. The molecule has 0 saturated heterocycles. The number of benzene rings is 2. The number of anilines is 1. The van der Waals surface area contributed by atoms with Gasteiger partial charge < -0.3 is 14.6 Å². The molecule has 0 aliphatic carbocycles. The van der Waals surface area contributed by atoms with E-state index in [2.05, 4.69) is 5.32 Å². The molecule has 0 unspecified atom stereocenters. The molecule has 1 aromatic heterocycles. The number of hydrogen-bond donors (Lipinski definition) is 1. The van der Waals surface area contributed by atoms with E-state index in [0.29, 0.717) is 23.4 Å². The summed E-state index contributed by atoms with van der Waals surface area (Å²) in [5.41, 5.74) is 3.33. The van der Waals surface area contributed by atoms with Crippen LogP contribution in [0.15, 0.2) is 47.4 Å². The summed E-state index contributed by atoms with van der Waals surface area (Å²) in [6.45, 7) is 6.33. The van der Waals surface area contributed by atoms with Crippen LogP contribution in [0, 0.1) is 13.8 Å². The number of pyridine rings is 1. The highest BCUT2D eigenvalue weighted by Gasteiger charge is 2.15. The van der Waals surface area contributed by atoms with Gasteiger partial charge in [0.25, 0.3) is 5.91 Å². The van der Waals surface area contributed by atoms with Gasteiger partial charge in [0.1, 0.15) is 11.3 Å². The summed E-state index contributed by atoms with van der Waals surface area (Å²) < 4.78 is 7.26. The largest absolute Gasteiger partial charge is 0.494 e. The molecule has 1 amide bonds. The monoisotopic (exact) mass is 350 g/mol. The molecule has 134 valence electrons. The number of ether oxygens (including phenoxy) is 1. The van der Waals surface area contributed by atoms with Gasteiger partial charge >= 0.3 is 0 Å². The lowest BCUT2D eigenvalue weighted by atomic mass is 10.1. The molecule has 0 spiro atoms. The maximum Gasteiger partial charge on any atom is 0.261 e. The van der Waals surface area contributed by atoms with E-state index in [0.717, 1.165) is 16.6 Å². The second-order valence-corrected chi connectivity index (χ2v) is 6.43. The molecule has 0 bridgehead atoms. The van der Waals surface area contributed by atoms with Gasteiger partial charge in [-0.25, -0.2) is 0 Å². The maximum atomic E-state index is 12.9. The van der Waals surface area contributed by atoms with Gasteiger partial charge in [0.05, 0.1) is 17.5 Å². The maximum absolute atomic E-state index is 12.9. The summed E-state index contributed by atoms with van der Waals surface area (Å²) in [4.78, 5) is 25.6. The molecule has 0 radical (unpaired) electrons. The van der Waals surface area contributed by atoms with E-state index in [9.17, 15) is 9.59 Å². The fourth-order valence-electron chi connectivity index (χ4n) is 3.13. The minimum absolute atomic E-state index is 0.104. The van der Waals surface area contributed by atoms with Gasteiger partial charge in [-0.05, 0) is 62.2 Å². The number of carbonyl (C=O) groups is 1. The van der Waals surface area contributed by atoms with Gasteiger partial charge in [-0.1, -0.05) is 6.07 Å². The molecular formula is C21H22N2O3. The number of nitrogens with one attached hydrogen (secondary N) is 1. The van der Waals surface area contributed by atoms with Crippen molar-refractivity contribution in [2.24, 2.45) is 7.05 Å². The first-order valence-corrected chi connectivity index (χ1v) is 8.55. The molecule has 1 heterocycles. The van der Waals surface area contributed by atoms with Crippen LogP contribution < -0.4 is 15.5 Å². The van der Waals surface area contributed by atoms with Crippen molar-refractivity contribution >= 4 is 22.5 Å². The lowest BCUT2D eigenvalue weighted by molar-refractivity contribution is 0.102. The highest BCUT2D eigenvalue weighted by Crippen LogP contribution is 2.20. The van der Waals surface area contributed by atoms with Crippen molar-refractivity contribution in [1.29, 1.82) is 0 Å². The van der Waals surface area contributed by atoms with Crippen molar-refractivity contribution in [2.75, 3.05) is 11.9 Å². The molecule has 26 heavy (non-hydrogen) atoms. The molecule has 5 heteroatoms. The molecule has 2 aromatic carbocycles. The SMILES string of the molecule is CCOc1ccc2c(c1)c(=O)c(C(=O)Nc1cc(C)cc(C)c1)cn2C. The third-order valence-corrected chi connectivity index (χ3v) is 4.20. The summed E-state index contributed by atoms with van der Waals surface area (Å²) >= 11 is 0. The zero-order valence-electron chi connectivity index (χ0n) is 15.4. The van der Waals surface area contributed by atoms with Gasteiger partial charge in [0.2, 0.25) is 5.43 Å². The van der Waals surface area contributed by atoms with Crippen LogP contribution in [0.1, 0.15) is 28.4 Å². The first-order chi connectivity index (χ1) is 12.4. The van der Waals surface area contributed by atoms with Crippen molar-refractivity contribution in [1.82, 2.24) is 4.57 Å². The molecule has 0 atom stereocenters. The Kier molecular flexibility index (Phi) is 4.80. The van der Waals surface area contributed by atoms with E-state index in [4.69, 9.17) is 4.74 Å². The summed E-state index contributed by atoms with van der Waals surface area (Å²) in [6.07, 6.45) is 1.57. The van der Waals surface area contributed by atoms with Crippen LogP contribution in [0.5, 0.6) is 5.75 Å². The average molecular weight is 350 g/mol. The van der Waals surface area contributed by atoms with Crippen LogP contribution >= 0.6 is 0 Å². The standard InChI is InChI=1S/C21H22N2O3/c1-5-26-16-6-7-19-17(11-16)20(24)18(12-23(19)4)21(25)22-15-9-13(2)8-14(3)10-15/h6-12H,5H2,1-4H3,(H,22,25). The second kappa shape index (κ2) is 7.04. The summed E-state index contributed by atoms with van der Waals surface area (Å²) in [7, 11) is 1.82. The number of rotatable bonds is 4. The predicted molar refractivity (Wildman–Crippen MR) is 104 cm³/mol. The number of aryl methyl sites for hydroxylation is 3. The van der Waals surface area contributed by atoms with Crippen LogP contribution in [0.4, 0.5) is 5.69 Å². The molecule has 0 fully saturated rings. The van der Waals surface area contributed by atoms with Gasteiger partial charge in [0, 0.05) is 18.9 Å². The van der Waals surface area contributed by atoms with E-state index in [1.165, 1.54) is 0 Å². The van der Waals surface area contributed by atoms with Crippen LogP contribution in [-0.4, -0.2) is 17.1 Å². The predicted octanol–water partition coefficient (Wildman–Crippen LogP) is 3.81. The molecule has 0 saturated carbocycles. The van der Waals surface area contributed by atoms with Gasteiger partial charge in [0.15, 0.2) is 0 Å². The second-order valence-electron chi connectivity index (χ2n) is 6.43. The van der Waals surface area contributed by atoms with E-state index < -0.39 is 5.91 Å². The van der Waals surface area contributed by atoms with Crippen molar-refractivity contribution in [2.45, 2.75) is 20.8 Å². The van der Waals surface area contributed by atoms with Crippen molar-refractivity contribution in [3.8, 4) is 5.75 Å². The van der Waals surface area contributed by atoms with Crippen LogP contribution in [-0.2, 0) is 7.05 Å². The summed E-state index contributed by atoms with van der Waals surface area (Å²) in [6, 6.07) is 11.1. The van der Waals surface area contributed by atoms with E-state index in [1.54, 1.807) is 16.8 Å². The Bertz CT molecular complexity index is 1030. The molecule has 0 aliphatic rings. The molecule has 3 aromatic rings. The van der Waals surface area contributed by atoms with Crippen LogP contribution in [0.3, 0.4) is 0 Å². The van der Waals surface area contributed by atoms with Crippen LogP contribution in [0.2, 0.25) is 0 Å². The Labute approximate surface area is 152 Å². The number of nitrogens with zero attached hydrogens (tertiary/aromatic N) is 1. The molecule has 0 aliphatic heterocycles. The molecule has 3 rings (SSSR count). The van der Waals surface area contributed by atoms with E-state index in [1.807, 2.05) is 58.2 Å². The van der Waals surface area contributed by atoms with Gasteiger partial charge in [-0.15, -0.1) is 0 Å². The fraction of sp³-hybridized carbons (Fsp3) is 0.238. The van der Waals surface area contributed by atoms with E-state index >= 15 is 0 Å². The smallest absolute Gasteiger partial charge is 0.261 e. The minimum Gasteiger partial charge on any atom is -0.494 e. The van der Waals surface area contributed by atoms with Gasteiger partial charge in [-0.3, -0.25) is 9.59 Å². The third-order valence-electron chi connectivity index (χ3n) is 4.20. The molecule has 5 nitrogen and oxygen atoms in total. The normalized spacial score (nSPS) is 10.8. The Balaban J connectivity index is 2.04. The minimum atomic E-state index is -0.417. The number of aromatic nitrogens is 1. The topological polar surface area (TPSA) is 60.3 Å². The third kappa shape index (κ3) is 3.47. The number of hydrogen-bond acceptors (Lipinski definition) is 3.